The minimum atomic E-state index is -5.37. The number of aliphatic hydroxyl groups is 2. The largest absolute Gasteiger partial charge is 0.481 e. The topological polar surface area (TPSA) is 223 Å². The van der Waals surface area contributed by atoms with Gasteiger partial charge in [-0.1, -0.05) is 0 Å². The summed E-state index contributed by atoms with van der Waals surface area (Å²) in [5, 5.41) is 20.8. The highest BCUT2D eigenvalue weighted by atomic mass is 31.3. The lowest BCUT2D eigenvalue weighted by Gasteiger charge is -2.29. The molecule has 0 bridgehead atoms. The molecule has 2 saturated heterocycles. The molecule has 0 radical (unpaired) electrons. The minimum absolute atomic E-state index is 0.175. The maximum atomic E-state index is 13.2. The molecule has 16 nitrogen and oxygen atoms in total. The summed E-state index contributed by atoms with van der Waals surface area (Å²) in [6.07, 6.45) is -0.534. The molecule has 4 heterocycles. The van der Waals surface area contributed by atoms with Crippen molar-refractivity contribution in [1.29, 1.82) is 0 Å². The summed E-state index contributed by atoms with van der Waals surface area (Å²) in [5.74, 6) is 0. The molecule has 5 atom stereocenters. The van der Waals surface area contributed by atoms with Gasteiger partial charge in [0.1, 0.15) is 18.3 Å². The van der Waals surface area contributed by atoms with E-state index >= 15 is 0 Å². The highest BCUT2D eigenvalue weighted by Crippen LogP contribution is 2.57. The van der Waals surface area contributed by atoms with Crippen molar-refractivity contribution in [1.82, 2.24) is 14.1 Å². The van der Waals surface area contributed by atoms with Gasteiger partial charge in [-0.3, -0.25) is 23.4 Å². The van der Waals surface area contributed by atoms with Crippen molar-refractivity contribution in [3.8, 4) is 0 Å². The first-order valence-electron chi connectivity index (χ1n) is 11.6. The molecule has 2 aromatic heterocycles. The zero-order valence-corrected chi connectivity index (χ0v) is 21.7. The van der Waals surface area contributed by atoms with Crippen LogP contribution < -0.4 is 16.1 Å². The highest BCUT2D eigenvalue weighted by molar-refractivity contribution is 7.60. The Labute approximate surface area is 215 Å². The van der Waals surface area contributed by atoms with Gasteiger partial charge in [0.2, 0.25) is 0 Å². The maximum absolute atomic E-state index is 13.2. The summed E-state index contributed by atoms with van der Waals surface area (Å²) < 4.78 is 37.8. The summed E-state index contributed by atoms with van der Waals surface area (Å²) in [7, 11) is -10.6. The molecule has 0 saturated carbocycles. The maximum Gasteiger partial charge on any atom is 0.481 e. The van der Waals surface area contributed by atoms with Gasteiger partial charge < -0.3 is 34.5 Å². The Morgan fingerprint density at radius 1 is 1.05 bits per heavy atom. The molecule has 2 aromatic rings. The zero-order valence-electron chi connectivity index (χ0n) is 19.9. The van der Waals surface area contributed by atoms with E-state index in [0.717, 1.165) is 59.4 Å². The van der Waals surface area contributed by atoms with Crippen LogP contribution in [0.5, 0.6) is 0 Å². The Hall–Kier alpha value is -2.23. The van der Waals surface area contributed by atoms with E-state index in [2.05, 4.69) is 18.7 Å². The summed E-state index contributed by atoms with van der Waals surface area (Å²) in [6.45, 7) is 0.682. The van der Waals surface area contributed by atoms with E-state index in [1.807, 2.05) is 6.07 Å². The van der Waals surface area contributed by atoms with E-state index in [0.29, 0.717) is 5.69 Å². The lowest BCUT2D eigenvalue weighted by Crippen LogP contribution is -2.43. The molecular formula is C20H28N4O12P2. The number of hydrogen-bond donors (Lipinski definition) is 5. The van der Waals surface area contributed by atoms with Gasteiger partial charge in [-0.2, -0.15) is 4.31 Å². The van der Waals surface area contributed by atoms with Crippen molar-refractivity contribution < 1.29 is 47.6 Å². The molecule has 2 aliphatic rings. The normalized spacial score (nSPS) is 25.9. The summed E-state index contributed by atoms with van der Waals surface area (Å²) in [4.78, 5) is 59.0. The Morgan fingerprint density at radius 3 is 2.45 bits per heavy atom. The van der Waals surface area contributed by atoms with E-state index in [9.17, 15) is 33.8 Å². The number of phosphoric acid groups is 2. The van der Waals surface area contributed by atoms with Gasteiger partial charge in [-0.25, -0.2) is 13.9 Å². The molecule has 4 rings (SSSR count). The Balaban J connectivity index is 1.52. The molecule has 38 heavy (non-hydrogen) atoms. The lowest BCUT2D eigenvalue weighted by atomic mass is 10.1. The van der Waals surface area contributed by atoms with Gasteiger partial charge in [0.15, 0.2) is 6.23 Å². The predicted molar refractivity (Wildman–Crippen MR) is 129 cm³/mol. The number of nitrogens with zero attached hydrogens (tertiary/aromatic N) is 4. The molecule has 210 valence electrons. The van der Waals surface area contributed by atoms with E-state index in [1.165, 1.54) is 0 Å². The fraction of sp³-hybridized carbons (Fsp3) is 0.550. The van der Waals surface area contributed by atoms with Gasteiger partial charge in [0, 0.05) is 37.2 Å². The van der Waals surface area contributed by atoms with Crippen LogP contribution in [0.25, 0.3) is 0 Å². The van der Waals surface area contributed by atoms with Crippen molar-refractivity contribution in [2.75, 3.05) is 24.6 Å². The van der Waals surface area contributed by atoms with Gasteiger partial charge in [-0.15, -0.1) is 0 Å². The molecule has 18 heteroatoms. The van der Waals surface area contributed by atoms with Crippen molar-refractivity contribution >= 4 is 21.3 Å². The number of pyridine rings is 1. The molecule has 0 aromatic carbocycles. The van der Waals surface area contributed by atoms with Crippen LogP contribution in [0.15, 0.2) is 40.2 Å². The lowest BCUT2D eigenvalue weighted by molar-refractivity contribution is -0.0547. The van der Waals surface area contributed by atoms with Crippen LogP contribution in [0.1, 0.15) is 31.2 Å². The molecular weight excluding hydrogens is 550 g/mol. The first-order valence-corrected chi connectivity index (χ1v) is 14.6. The van der Waals surface area contributed by atoms with Crippen LogP contribution >= 0.6 is 15.6 Å². The third-order valence-electron chi connectivity index (χ3n) is 6.16. The van der Waals surface area contributed by atoms with Crippen molar-refractivity contribution in [3.05, 3.63) is 57.1 Å². The number of rotatable bonds is 9. The number of hydrogen-bond acceptors (Lipinski definition) is 11. The second-order valence-electron chi connectivity index (χ2n) is 8.87. The van der Waals surface area contributed by atoms with Crippen LogP contribution in [0.3, 0.4) is 0 Å². The van der Waals surface area contributed by atoms with E-state index in [1.54, 1.807) is 12.3 Å². The van der Waals surface area contributed by atoms with Crippen LogP contribution in [0.4, 0.5) is 5.69 Å². The number of aromatic nitrogens is 3. The first-order chi connectivity index (χ1) is 17.8. The Bertz CT molecular complexity index is 1350. The average Bonchev–Trinajstić information content (AvgIpc) is 3.13. The molecule has 2 fully saturated rings. The third-order valence-corrected chi connectivity index (χ3v) is 8.31. The molecule has 2 aliphatic heterocycles. The Morgan fingerprint density at radius 2 is 1.76 bits per heavy atom. The van der Waals surface area contributed by atoms with Crippen molar-refractivity contribution in [2.24, 2.45) is 0 Å². The fourth-order valence-corrected chi connectivity index (χ4v) is 5.95. The van der Waals surface area contributed by atoms with Crippen molar-refractivity contribution in [3.63, 3.8) is 0 Å². The van der Waals surface area contributed by atoms with Crippen LogP contribution in [-0.2, 0) is 29.2 Å². The quantitative estimate of drug-likeness (QED) is 0.232. The molecule has 0 aliphatic carbocycles. The summed E-state index contributed by atoms with van der Waals surface area (Å²) >= 11 is 0. The molecule has 2 unspecified atom stereocenters. The van der Waals surface area contributed by atoms with Gasteiger partial charge in [0.05, 0.1) is 18.8 Å². The van der Waals surface area contributed by atoms with E-state index in [4.69, 9.17) is 14.5 Å². The second-order valence-corrected chi connectivity index (χ2v) is 11.7. The summed E-state index contributed by atoms with van der Waals surface area (Å²) in [6, 6.07) is 4.71. The predicted octanol–water partition coefficient (Wildman–Crippen LogP) is -0.711. The van der Waals surface area contributed by atoms with Crippen LogP contribution in [0, 0.1) is 0 Å². The number of phosphoric ester groups is 1. The summed E-state index contributed by atoms with van der Waals surface area (Å²) in [5.41, 5.74) is -0.144. The van der Waals surface area contributed by atoms with Crippen molar-refractivity contribution in [2.45, 2.75) is 50.3 Å². The number of piperidine rings is 1. The zero-order chi connectivity index (χ0) is 27.7. The highest BCUT2D eigenvalue weighted by Gasteiger charge is 2.46. The molecule has 0 amide bonds. The van der Waals surface area contributed by atoms with Crippen LogP contribution in [0.2, 0.25) is 0 Å². The van der Waals surface area contributed by atoms with E-state index in [-0.39, 0.29) is 6.54 Å². The monoisotopic (exact) mass is 578 g/mol. The minimum Gasteiger partial charge on any atom is -0.387 e. The molecule has 5 N–H and O–H groups in total. The number of aliphatic hydroxyl groups excluding tert-OH is 2. The SMILES string of the molecule is O=c1ccn([C@@H]2O[C@H](COP(=O)(O)OP(=O)(O)O)C(O)[C@@H]2O)c(=O)n1Cc1cc(N2CCCCC2)ccn1. The smallest absolute Gasteiger partial charge is 0.387 e. The van der Waals surface area contributed by atoms with Crippen LogP contribution in [-0.4, -0.2) is 77.0 Å². The first kappa shape index (κ1) is 28.8. The van der Waals surface area contributed by atoms with E-state index < -0.39 is 58.0 Å². The fourth-order valence-electron chi connectivity index (χ4n) is 4.36. The second kappa shape index (κ2) is 11.5. The molecule has 0 spiro atoms. The van der Waals surface area contributed by atoms with Gasteiger partial charge in [0.25, 0.3) is 5.56 Å². The Kier molecular flexibility index (Phi) is 8.69. The number of anilines is 1. The average molecular weight is 578 g/mol. The number of ether oxygens (including phenoxy) is 1. The van der Waals surface area contributed by atoms with Gasteiger partial charge in [-0.05, 0) is 31.4 Å². The standard InChI is InChI=1S/C20H28N4O12P2/c25-16-5-9-23(19-18(27)17(26)15(35-19)12-34-38(32,33)36-37(29,30)31)20(28)24(16)11-13-10-14(4-6-21-13)22-7-2-1-3-8-22/h4-6,9-10,15,17-19,26-27H,1-3,7-8,11-12H2,(H,32,33)(H2,29,30,31)/t15-,17?,18+,19-/m1/s1. The third kappa shape index (κ3) is 6.85. The van der Waals surface area contributed by atoms with Gasteiger partial charge >= 0.3 is 21.3 Å².